The number of ether oxygens (including phenoxy) is 1. The van der Waals surface area contributed by atoms with Gasteiger partial charge in [-0.25, -0.2) is 0 Å². The molecule has 0 unspecified atom stereocenters. The molecule has 0 aliphatic carbocycles. The Morgan fingerprint density at radius 2 is 1.41 bits per heavy atom. The lowest BCUT2D eigenvalue weighted by atomic mass is 9.61. The molecule has 2 nitrogen and oxygen atoms in total. The van der Waals surface area contributed by atoms with Crippen LogP contribution in [-0.4, -0.2) is 26.3 Å². The van der Waals surface area contributed by atoms with Crippen molar-refractivity contribution in [3.63, 3.8) is 0 Å². The van der Waals surface area contributed by atoms with Crippen LogP contribution in [0.25, 0.3) is 0 Å². The second-order valence-corrected chi connectivity index (χ2v) is 8.78. The number of hydrogen-bond acceptors (Lipinski definition) is 2. The third-order valence-electron chi connectivity index (χ3n) is 7.52. The van der Waals surface area contributed by atoms with E-state index in [1.54, 1.807) is 0 Å². The lowest BCUT2D eigenvalue weighted by molar-refractivity contribution is -0.0473. The van der Waals surface area contributed by atoms with Gasteiger partial charge in [0.1, 0.15) is 0 Å². The van der Waals surface area contributed by atoms with Crippen molar-refractivity contribution in [3.05, 3.63) is 0 Å². The van der Waals surface area contributed by atoms with E-state index in [1.165, 1.54) is 51.6 Å². The van der Waals surface area contributed by atoms with Crippen molar-refractivity contribution in [2.45, 2.75) is 73.1 Å². The quantitative estimate of drug-likeness (QED) is 0.755. The second-order valence-electron chi connectivity index (χ2n) is 8.78. The van der Waals surface area contributed by atoms with Crippen LogP contribution in [0.5, 0.6) is 0 Å². The highest BCUT2D eigenvalue weighted by Crippen LogP contribution is 2.48. The average Bonchev–Trinajstić information content (AvgIpc) is 2.53. The number of hydrogen-bond donors (Lipinski definition) is 1. The molecule has 0 aromatic rings. The van der Waals surface area contributed by atoms with Crippen molar-refractivity contribution in [2.75, 3.05) is 26.3 Å². The summed E-state index contributed by atoms with van der Waals surface area (Å²) in [4.78, 5) is 0. The highest BCUT2D eigenvalue weighted by Gasteiger charge is 2.41. The Labute approximate surface area is 138 Å². The summed E-state index contributed by atoms with van der Waals surface area (Å²) in [5.74, 6) is 2.45. The highest BCUT2D eigenvalue weighted by molar-refractivity contribution is 4.91. The van der Waals surface area contributed by atoms with Crippen LogP contribution in [0.1, 0.15) is 73.1 Å². The van der Waals surface area contributed by atoms with Gasteiger partial charge in [0.2, 0.25) is 0 Å². The van der Waals surface area contributed by atoms with Crippen LogP contribution >= 0.6 is 0 Å². The van der Waals surface area contributed by atoms with Gasteiger partial charge in [-0.1, -0.05) is 34.6 Å². The molecule has 2 aliphatic rings. The standard InChI is InChI=1S/C20H39NO/c1-16(2)20(10-14-22-15-11-20)18(4)7-6-17(3)19(5)8-12-21-13-9-19/h16-18,21H,6-15H2,1-5H3/t17-,18+/m1/s1. The molecule has 0 saturated carbocycles. The molecule has 2 saturated heterocycles. The molecule has 2 heteroatoms. The van der Waals surface area contributed by atoms with Gasteiger partial charge in [0.25, 0.3) is 0 Å². The molecule has 130 valence electrons. The van der Waals surface area contributed by atoms with Crippen molar-refractivity contribution in [1.29, 1.82) is 0 Å². The molecule has 2 heterocycles. The van der Waals surface area contributed by atoms with Crippen LogP contribution in [0.2, 0.25) is 0 Å². The SMILES string of the molecule is CC(C)C1([C@@H](C)CC[C@@H](C)C2(C)CCNCC2)CCOCC1. The summed E-state index contributed by atoms with van der Waals surface area (Å²) in [5.41, 5.74) is 1.08. The van der Waals surface area contributed by atoms with Gasteiger partial charge >= 0.3 is 0 Å². The summed E-state index contributed by atoms with van der Waals surface area (Å²) < 4.78 is 5.65. The van der Waals surface area contributed by atoms with E-state index in [9.17, 15) is 0 Å². The molecule has 2 rings (SSSR count). The molecule has 0 spiro atoms. The van der Waals surface area contributed by atoms with Crippen LogP contribution in [-0.2, 0) is 4.74 Å². The summed E-state index contributed by atoms with van der Waals surface area (Å²) in [6, 6.07) is 0. The van der Waals surface area contributed by atoms with Crippen molar-refractivity contribution >= 4 is 0 Å². The molecular weight excluding hydrogens is 270 g/mol. The molecule has 0 radical (unpaired) electrons. The van der Waals surface area contributed by atoms with E-state index < -0.39 is 0 Å². The molecule has 2 aliphatic heterocycles. The van der Waals surface area contributed by atoms with Gasteiger partial charge < -0.3 is 10.1 Å². The first kappa shape index (κ1) is 18.3. The Balaban J connectivity index is 1.91. The predicted octanol–water partition coefficient (Wildman–Crippen LogP) is 4.88. The molecule has 1 N–H and O–H groups in total. The Hall–Kier alpha value is -0.0800. The zero-order chi connectivity index (χ0) is 16.2. The van der Waals surface area contributed by atoms with Gasteiger partial charge in [0, 0.05) is 13.2 Å². The third kappa shape index (κ3) is 3.87. The van der Waals surface area contributed by atoms with Gasteiger partial charge in [-0.15, -0.1) is 0 Å². The minimum absolute atomic E-state index is 0.521. The molecule has 2 fully saturated rings. The maximum absolute atomic E-state index is 5.65. The Morgan fingerprint density at radius 1 is 0.864 bits per heavy atom. The summed E-state index contributed by atoms with van der Waals surface area (Å²) in [6.45, 7) is 16.8. The monoisotopic (exact) mass is 309 g/mol. The summed E-state index contributed by atoms with van der Waals surface area (Å²) in [6.07, 6.45) is 8.02. The van der Waals surface area contributed by atoms with Crippen LogP contribution in [0.15, 0.2) is 0 Å². The van der Waals surface area contributed by atoms with Crippen molar-refractivity contribution in [3.8, 4) is 0 Å². The van der Waals surface area contributed by atoms with E-state index in [2.05, 4.69) is 39.9 Å². The van der Waals surface area contributed by atoms with E-state index in [0.717, 1.165) is 31.0 Å². The van der Waals surface area contributed by atoms with E-state index in [4.69, 9.17) is 4.74 Å². The van der Waals surface area contributed by atoms with E-state index in [0.29, 0.717) is 10.8 Å². The Kier molecular flexibility index (Phi) is 6.36. The van der Waals surface area contributed by atoms with Crippen molar-refractivity contribution in [1.82, 2.24) is 5.32 Å². The van der Waals surface area contributed by atoms with Gasteiger partial charge in [-0.2, -0.15) is 0 Å². The van der Waals surface area contributed by atoms with Crippen molar-refractivity contribution < 1.29 is 4.74 Å². The average molecular weight is 310 g/mol. The first-order chi connectivity index (χ1) is 10.4. The van der Waals surface area contributed by atoms with E-state index >= 15 is 0 Å². The molecule has 0 bridgehead atoms. The largest absolute Gasteiger partial charge is 0.381 e. The molecule has 0 aromatic carbocycles. The van der Waals surface area contributed by atoms with E-state index in [1.807, 2.05) is 0 Å². The first-order valence-electron chi connectivity index (χ1n) is 9.69. The molecular formula is C20H39NO. The maximum atomic E-state index is 5.65. The smallest absolute Gasteiger partial charge is 0.0471 e. The number of nitrogens with one attached hydrogen (secondary N) is 1. The lowest BCUT2D eigenvalue weighted by Crippen LogP contribution is -2.41. The maximum Gasteiger partial charge on any atom is 0.0471 e. The molecule has 2 atom stereocenters. The van der Waals surface area contributed by atoms with Gasteiger partial charge in [0.05, 0.1) is 0 Å². The Morgan fingerprint density at radius 3 is 1.95 bits per heavy atom. The zero-order valence-corrected chi connectivity index (χ0v) is 15.7. The Bertz CT molecular complexity index is 327. The van der Waals surface area contributed by atoms with Crippen LogP contribution in [0.3, 0.4) is 0 Å². The normalized spacial score (nSPS) is 27.5. The summed E-state index contributed by atoms with van der Waals surface area (Å²) in [7, 11) is 0. The second kappa shape index (κ2) is 7.66. The lowest BCUT2D eigenvalue weighted by Gasteiger charge is -2.47. The fourth-order valence-corrected chi connectivity index (χ4v) is 5.02. The van der Waals surface area contributed by atoms with Crippen LogP contribution < -0.4 is 5.32 Å². The molecule has 22 heavy (non-hydrogen) atoms. The molecule has 0 aromatic heterocycles. The summed E-state index contributed by atoms with van der Waals surface area (Å²) in [5, 5.41) is 3.52. The topological polar surface area (TPSA) is 21.3 Å². The number of piperidine rings is 1. The van der Waals surface area contributed by atoms with Crippen molar-refractivity contribution in [2.24, 2.45) is 28.6 Å². The fourth-order valence-electron chi connectivity index (χ4n) is 5.02. The fraction of sp³-hybridized carbons (Fsp3) is 1.00. The van der Waals surface area contributed by atoms with E-state index in [-0.39, 0.29) is 0 Å². The predicted molar refractivity (Wildman–Crippen MR) is 95.1 cm³/mol. The minimum Gasteiger partial charge on any atom is -0.381 e. The van der Waals surface area contributed by atoms with Gasteiger partial charge in [0.15, 0.2) is 0 Å². The van der Waals surface area contributed by atoms with Gasteiger partial charge in [-0.05, 0) is 80.2 Å². The highest BCUT2D eigenvalue weighted by atomic mass is 16.5. The zero-order valence-electron chi connectivity index (χ0n) is 15.7. The van der Waals surface area contributed by atoms with Crippen LogP contribution in [0, 0.1) is 28.6 Å². The number of rotatable bonds is 6. The minimum atomic E-state index is 0.521. The summed E-state index contributed by atoms with van der Waals surface area (Å²) >= 11 is 0. The van der Waals surface area contributed by atoms with Crippen LogP contribution in [0.4, 0.5) is 0 Å². The third-order valence-corrected chi connectivity index (χ3v) is 7.52. The first-order valence-corrected chi connectivity index (χ1v) is 9.69. The molecule has 0 amide bonds. The van der Waals surface area contributed by atoms with Gasteiger partial charge in [-0.3, -0.25) is 0 Å².